The molecule has 0 bridgehead atoms. The van der Waals surface area contributed by atoms with Gasteiger partial charge in [-0.1, -0.05) is 5.16 Å². The molecule has 1 aliphatic heterocycles. The number of aromatic nitrogens is 4. The summed E-state index contributed by atoms with van der Waals surface area (Å²) in [6, 6.07) is 3.61. The lowest BCUT2D eigenvalue weighted by atomic mass is 10.1. The second-order valence-corrected chi connectivity index (χ2v) is 4.94. The average Bonchev–Trinajstić information content (AvgIpc) is 3.18. The van der Waals surface area contributed by atoms with Gasteiger partial charge in [0, 0.05) is 19.3 Å². The zero-order valence-electron chi connectivity index (χ0n) is 11.3. The van der Waals surface area contributed by atoms with Crippen molar-refractivity contribution in [2.24, 2.45) is 0 Å². The summed E-state index contributed by atoms with van der Waals surface area (Å²) in [5.74, 6) is 1.68. The van der Waals surface area contributed by atoms with Crippen LogP contribution in [0.15, 0.2) is 39.9 Å². The first kappa shape index (κ1) is 12.2. The van der Waals surface area contributed by atoms with Crippen molar-refractivity contribution in [2.75, 3.05) is 6.54 Å². The molecule has 21 heavy (non-hydrogen) atoms. The fourth-order valence-corrected chi connectivity index (χ4v) is 2.46. The van der Waals surface area contributed by atoms with Gasteiger partial charge in [-0.15, -0.1) is 0 Å². The van der Waals surface area contributed by atoms with Gasteiger partial charge in [-0.2, -0.15) is 4.98 Å². The van der Waals surface area contributed by atoms with Crippen LogP contribution in [0, 0.1) is 0 Å². The van der Waals surface area contributed by atoms with E-state index in [1.54, 1.807) is 18.7 Å². The number of rotatable bonds is 3. The molecule has 3 aromatic heterocycles. The predicted molar refractivity (Wildman–Crippen MR) is 71.9 cm³/mol. The molecule has 0 saturated heterocycles. The first-order valence-electron chi connectivity index (χ1n) is 6.75. The minimum Gasteiger partial charge on any atom is -0.461 e. The van der Waals surface area contributed by atoms with E-state index in [1.807, 2.05) is 12.3 Å². The van der Waals surface area contributed by atoms with Crippen molar-refractivity contribution in [3.8, 4) is 11.6 Å². The lowest BCUT2D eigenvalue weighted by Crippen LogP contribution is -2.30. The highest BCUT2D eigenvalue weighted by molar-refractivity contribution is 5.44. The monoisotopic (exact) mass is 283 g/mol. The van der Waals surface area contributed by atoms with E-state index in [0.29, 0.717) is 24.0 Å². The van der Waals surface area contributed by atoms with E-state index < -0.39 is 0 Å². The molecule has 106 valence electrons. The third-order valence-electron chi connectivity index (χ3n) is 3.52. The van der Waals surface area contributed by atoms with Crippen LogP contribution in [0.4, 0.5) is 0 Å². The van der Waals surface area contributed by atoms with Crippen LogP contribution in [-0.4, -0.2) is 31.6 Å². The van der Waals surface area contributed by atoms with Crippen molar-refractivity contribution in [3.63, 3.8) is 0 Å². The van der Waals surface area contributed by atoms with E-state index in [1.165, 1.54) is 5.56 Å². The number of furan rings is 1. The molecule has 0 radical (unpaired) electrons. The maximum absolute atomic E-state index is 5.28. The van der Waals surface area contributed by atoms with Gasteiger partial charge < -0.3 is 8.94 Å². The molecule has 0 atom stereocenters. The van der Waals surface area contributed by atoms with E-state index in [4.69, 9.17) is 8.94 Å². The molecule has 0 fully saturated rings. The van der Waals surface area contributed by atoms with Gasteiger partial charge in [-0.25, -0.2) is 9.97 Å². The Bertz CT molecular complexity index is 737. The van der Waals surface area contributed by atoms with Crippen LogP contribution < -0.4 is 0 Å². The number of hydrogen-bond acceptors (Lipinski definition) is 7. The lowest BCUT2D eigenvalue weighted by Gasteiger charge is -2.25. The molecule has 0 unspecified atom stereocenters. The van der Waals surface area contributed by atoms with Gasteiger partial charge in [0.25, 0.3) is 0 Å². The summed E-state index contributed by atoms with van der Waals surface area (Å²) in [6.45, 7) is 2.31. The Labute approximate surface area is 120 Å². The Kier molecular flexibility index (Phi) is 2.97. The van der Waals surface area contributed by atoms with Gasteiger partial charge in [0.1, 0.15) is 6.33 Å². The van der Waals surface area contributed by atoms with Crippen molar-refractivity contribution in [3.05, 3.63) is 48.1 Å². The minimum atomic E-state index is 0.481. The van der Waals surface area contributed by atoms with E-state index in [2.05, 4.69) is 25.0 Å². The molecule has 0 amide bonds. The van der Waals surface area contributed by atoms with Crippen LogP contribution in [0.5, 0.6) is 0 Å². The van der Waals surface area contributed by atoms with Gasteiger partial charge in [0.2, 0.25) is 11.7 Å². The summed E-state index contributed by atoms with van der Waals surface area (Å²) in [6.07, 6.45) is 6.01. The van der Waals surface area contributed by atoms with Crippen LogP contribution >= 0.6 is 0 Å². The SMILES string of the molecule is c1coc(-c2noc(CN3CCc4cncnc4C3)n2)c1. The van der Waals surface area contributed by atoms with Gasteiger partial charge >= 0.3 is 0 Å². The second kappa shape index (κ2) is 5.10. The topological polar surface area (TPSA) is 81.1 Å². The van der Waals surface area contributed by atoms with E-state index in [9.17, 15) is 0 Å². The van der Waals surface area contributed by atoms with Crippen molar-refractivity contribution >= 4 is 0 Å². The van der Waals surface area contributed by atoms with Gasteiger partial charge in [-0.05, 0) is 24.1 Å². The average molecular weight is 283 g/mol. The second-order valence-electron chi connectivity index (χ2n) is 4.94. The predicted octanol–water partition coefficient (Wildman–Crippen LogP) is 1.68. The highest BCUT2D eigenvalue weighted by Crippen LogP contribution is 2.19. The maximum Gasteiger partial charge on any atom is 0.241 e. The van der Waals surface area contributed by atoms with Crippen molar-refractivity contribution in [2.45, 2.75) is 19.5 Å². The Hall–Kier alpha value is -2.54. The molecule has 0 saturated carbocycles. The fourth-order valence-electron chi connectivity index (χ4n) is 2.46. The summed E-state index contributed by atoms with van der Waals surface area (Å²) in [7, 11) is 0. The number of fused-ring (bicyclic) bond motifs is 1. The molecule has 4 heterocycles. The van der Waals surface area contributed by atoms with Crippen LogP contribution in [0.2, 0.25) is 0 Å². The molecule has 7 nitrogen and oxygen atoms in total. The Morgan fingerprint density at radius 2 is 2.33 bits per heavy atom. The maximum atomic E-state index is 5.28. The first-order valence-corrected chi connectivity index (χ1v) is 6.75. The molecule has 0 N–H and O–H groups in total. The van der Waals surface area contributed by atoms with Gasteiger partial charge in [0.15, 0.2) is 5.76 Å². The molecule has 3 aromatic rings. The van der Waals surface area contributed by atoms with E-state index in [-0.39, 0.29) is 0 Å². The largest absolute Gasteiger partial charge is 0.461 e. The summed E-state index contributed by atoms with van der Waals surface area (Å²) < 4.78 is 10.5. The standard InChI is InChI=1S/C14H13N5O2/c1-2-12(20-5-1)14-17-13(21-18-14)8-19-4-3-10-6-15-9-16-11(10)7-19/h1-2,5-6,9H,3-4,7-8H2. The highest BCUT2D eigenvalue weighted by atomic mass is 16.5. The quantitative estimate of drug-likeness (QED) is 0.723. The summed E-state index contributed by atoms with van der Waals surface area (Å²) in [5, 5.41) is 3.94. The lowest BCUT2D eigenvalue weighted by molar-refractivity contribution is 0.207. The smallest absolute Gasteiger partial charge is 0.241 e. The van der Waals surface area contributed by atoms with Crippen LogP contribution in [0.3, 0.4) is 0 Å². The normalized spacial score (nSPS) is 15.0. The molecule has 0 aromatic carbocycles. The molecule has 0 aliphatic carbocycles. The van der Waals surface area contributed by atoms with E-state index >= 15 is 0 Å². The summed E-state index contributed by atoms with van der Waals surface area (Å²) >= 11 is 0. The minimum absolute atomic E-state index is 0.481. The van der Waals surface area contributed by atoms with Gasteiger partial charge in [0.05, 0.1) is 18.5 Å². The van der Waals surface area contributed by atoms with Crippen molar-refractivity contribution < 1.29 is 8.94 Å². The molecule has 4 rings (SSSR count). The molecular formula is C14H13N5O2. The van der Waals surface area contributed by atoms with Crippen molar-refractivity contribution in [1.82, 2.24) is 25.0 Å². The van der Waals surface area contributed by atoms with Crippen LogP contribution in [-0.2, 0) is 19.5 Å². The number of hydrogen-bond donors (Lipinski definition) is 0. The molecule has 1 aliphatic rings. The van der Waals surface area contributed by atoms with Gasteiger partial charge in [-0.3, -0.25) is 4.90 Å². The number of nitrogens with zero attached hydrogens (tertiary/aromatic N) is 5. The van der Waals surface area contributed by atoms with Crippen LogP contribution in [0.25, 0.3) is 11.6 Å². The summed E-state index contributed by atoms with van der Waals surface area (Å²) in [5.41, 5.74) is 2.29. The summed E-state index contributed by atoms with van der Waals surface area (Å²) in [4.78, 5) is 15.0. The Morgan fingerprint density at radius 3 is 3.24 bits per heavy atom. The molecular weight excluding hydrogens is 270 g/mol. The van der Waals surface area contributed by atoms with Crippen molar-refractivity contribution in [1.29, 1.82) is 0 Å². The Balaban J connectivity index is 1.48. The van der Waals surface area contributed by atoms with E-state index in [0.717, 1.165) is 25.2 Å². The zero-order valence-corrected chi connectivity index (χ0v) is 11.3. The third kappa shape index (κ3) is 2.43. The fraction of sp³-hybridized carbons (Fsp3) is 0.286. The third-order valence-corrected chi connectivity index (χ3v) is 3.52. The Morgan fingerprint density at radius 1 is 1.33 bits per heavy atom. The zero-order chi connectivity index (χ0) is 14.1. The van der Waals surface area contributed by atoms with Crippen LogP contribution in [0.1, 0.15) is 17.1 Å². The first-order chi connectivity index (χ1) is 10.4. The highest BCUT2D eigenvalue weighted by Gasteiger charge is 2.20. The molecule has 7 heteroatoms. The molecule has 0 spiro atoms.